The summed E-state index contributed by atoms with van der Waals surface area (Å²) < 4.78 is 0. The lowest BCUT2D eigenvalue weighted by Gasteiger charge is -2.18. The number of nitriles is 1. The van der Waals surface area contributed by atoms with E-state index in [2.05, 4.69) is 30.2 Å². The number of aryl methyl sites for hydroxylation is 2. The van der Waals surface area contributed by atoms with Crippen LogP contribution >= 0.6 is 0 Å². The van der Waals surface area contributed by atoms with Crippen molar-refractivity contribution in [3.8, 4) is 6.07 Å². The molecule has 17 heavy (non-hydrogen) atoms. The van der Waals surface area contributed by atoms with Crippen LogP contribution in [0.3, 0.4) is 0 Å². The van der Waals surface area contributed by atoms with Gasteiger partial charge in [0.2, 0.25) is 0 Å². The topological polar surface area (TPSA) is 74.7 Å². The highest BCUT2D eigenvalue weighted by Crippen LogP contribution is 2.18. The van der Waals surface area contributed by atoms with Crippen LogP contribution in [0, 0.1) is 31.1 Å². The third-order valence-corrected chi connectivity index (χ3v) is 2.82. The minimum absolute atomic E-state index is 0.0790. The predicted molar refractivity (Wildman–Crippen MR) is 69.7 cm³/mol. The summed E-state index contributed by atoms with van der Waals surface area (Å²) in [4.78, 5) is 4.27. The Morgan fingerprint density at radius 1 is 1.47 bits per heavy atom. The average Bonchev–Trinajstić information content (AvgIpc) is 2.24. The van der Waals surface area contributed by atoms with E-state index in [1.54, 1.807) is 0 Å². The number of nitrogens with zero attached hydrogens (tertiary/aromatic N) is 2. The lowest BCUT2D eigenvalue weighted by Crippen LogP contribution is -2.34. The second-order valence-electron chi connectivity index (χ2n) is 4.67. The zero-order valence-electron chi connectivity index (χ0n) is 10.9. The van der Waals surface area contributed by atoms with Crippen molar-refractivity contribution < 1.29 is 0 Å². The van der Waals surface area contributed by atoms with Crippen LogP contribution in [-0.4, -0.2) is 17.6 Å². The average molecular weight is 232 g/mol. The monoisotopic (exact) mass is 232 g/mol. The Morgan fingerprint density at radius 2 is 2.12 bits per heavy atom. The first-order chi connectivity index (χ1) is 7.95. The van der Waals surface area contributed by atoms with Crippen LogP contribution in [0.15, 0.2) is 6.07 Å². The molecule has 1 unspecified atom stereocenters. The molecule has 1 atom stereocenters. The van der Waals surface area contributed by atoms with Crippen molar-refractivity contribution in [1.82, 2.24) is 4.98 Å². The van der Waals surface area contributed by atoms with E-state index in [9.17, 15) is 0 Å². The number of nitrogens with one attached hydrogen (secondary N) is 1. The fraction of sp³-hybridized carbons (Fsp3) is 0.538. The number of anilines is 1. The summed E-state index contributed by atoms with van der Waals surface area (Å²) in [6.45, 7) is 8.59. The van der Waals surface area contributed by atoms with E-state index in [-0.39, 0.29) is 6.04 Å². The van der Waals surface area contributed by atoms with Crippen molar-refractivity contribution in [3.63, 3.8) is 0 Å². The molecule has 0 saturated carbocycles. The predicted octanol–water partition coefficient (Wildman–Crippen LogP) is 1.97. The number of aromatic nitrogens is 1. The highest BCUT2D eigenvalue weighted by Gasteiger charge is 2.11. The fourth-order valence-electron chi connectivity index (χ4n) is 1.57. The Bertz CT molecular complexity index is 432. The molecule has 0 aliphatic heterocycles. The summed E-state index contributed by atoms with van der Waals surface area (Å²) in [6, 6.07) is 4.14. The highest BCUT2D eigenvalue weighted by molar-refractivity contribution is 5.59. The van der Waals surface area contributed by atoms with Gasteiger partial charge in [-0.2, -0.15) is 5.26 Å². The van der Waals surface area contributed by atoms with Gasteiger partial charge in [0.15, 0.2) is 0 Å². The molecule has 0 fully saturated rings. The summed E-state index contributed by atoms with van der Waals surface area (Å²) in [5.41, 5.74) is 9.06. The van der Waals surface area contributed by atoms with Crippen LogP contribution < -0.4 is 11.1 Å². The maximum absolute atomic E-state index is 9.10. The van der Waals surface area contributed by atoms with Crippen LogP contribution in [0.1, 0.15) is 30.8 Å². The lowest BCUT2D eigenvalue weighted by atomic mass is 10.1. The molecule has 0 spiro atoms. The van der Waals surface area contributed by atoms with E-state index in [4.69, 9.17) is 11.0 Å². The number of hydrogen-bond donors (Lipinski definition) is 2. The first-order valence-corrected chi connectivity index (χ1v) is 5.83. The zero-order chi connectivity index (χ0) is 13.0. The molecule has 1 aromatic rings. The van der Waals surface area contributed by atoms with Gasteiger partial charge in [-0.3, -0.25) is 4.98 Å². The summed E-state index contributed by atoms with van der Waals surface area (Å²) in [5.74, 6) is 0.414. The van der Waals surface area contributed by atoms with E-state index < -0.39 is 0 Å². The Hall–Kier alpha value is -1.60. The van der Waals surface area contributed by atoms with Crippen molar-refractivity contribution in [2.24, 2.45) is 11.7 Å². The van der Waals surface area contributed by atoms with Gasteiger partial charge in [0.05, 0.1) is 16.9 Å². The van der Waals surface area contributed by atoms with Gasteiger partial charge in [-0.25, -0.2) is 0 Å². The molecule has 1 rings (SSSR count). The second-order valence-corrected chi connectivity index (χ2v) is 4.67. The molecule has 0 radical (unpaired) electrons. The van der Waals surface area contributed by atoms with Crippen LogP contribution in [0.5, 0.6) is 0 Å². The van der Waals surface area contributed by atoms with Crippen LogP contribution in [0.25, 0.3) is 0 Å². The molecule has 4 nitrogen and oxygen atoms in total. The second kappa shape index (κ2) is 5.65. The number of pyridine rings is 1. The number of hydrogen-bond acceptors (Lipinski definition) is 4. The van der Waals surface area contributed by atoms with Crippen molar-refractivity contribution >= 4 is 5.69 Å². The largest absolute Gasteiger partial charge is 0.382 e. The fourth-order valence-corrected chi connectivity index (χ4v) is 1.57. The lowest BCUT2D eigenvalue weighted by molar-refractivity contribution is 0.511. The standard InChI is InChI=1S/C13H20N4/c1-8(2)12(15)7-16-13-5-9(3)17-10(4)11(13)6-14/h5,8,12H,7,15H2,1-4H3,(H,16,17). The molecule has 0 aliphatic carbocycles. The van der Waals surface area contributed by atoms with Crippen molar-refractivity contribution in [3.05, 3.63) is 23.0 Å². The van der Waals surface area contributed by atoms with E-state index in [0.717, 1.165) is 17.1 Å². The van der Waals surface area contributed by atoms with Gasteiger partial charge >= 0.3 is 0 Å². The third kappa shape index (κ3) is 3.43. The highest BCUT2D eigenvalue weighted by atomic mass is 14.9. The third-order valence-electron chi connectivity index (χ3n) is 2.82. The molecule has 92 valence electrons. The first kappa shape index (κ1) is 13.5. The Kier molecular flexibility index (Phi) is 4.47. The van der Waals surface area contributed by atoms with Crippen LogP contribution in [0.2, 0.25) is 0 Å². The molecule has 0 aliphatic rings. The van der Waals surface area contributed by atoms with Crippen molar-refractivity contribution in [2.45, 2.75) is 33.7 Å². The van der Waals surface area contributed by atoms with E-state index in [1.165, 1.54) is 0 Å². The molecule has 0 saturated heterocycles. The van der Waals surface area contributed by atoms with Gasteiger partial charge in [0, 0.05) is 18.3 Å². The molecule has 0 aromatic carbocycles. The van der Waals surface area contributed by atoms with Crippen molar-refractivity contribution in [1.29, 1.82) is 5.26 Å². The molecule has 1 heterocycles. The van der Waals surface area contributed by atoms with Gasteiger partial charge in [0.1, 0.15) is 6.07 Å². The smallest absolute Gasteiger partial charge is 0.103 e. The molecular formula is C13H20N4. The van der Waals surface area contributed by atoms with Crippen LogP contribution in [-0.2, 0) is 0 Å². The summed E-state index contributed by atoms with van der Waals surface area (Å²) >= 11 is 0. The SMILES string of the molecule is Cc1cc(NCC(N)C(C)C)c(C#N)c(C)n1. The van der Waals surface area contributed by atoms with E-state index in [0.29, 0.717) is 18.0 Å². The van der Waals surface area contributed by atoms with E-state index in [1.807, 2.05) is 19.9 Å². The van der Waals surface area contributed by atoms with Gasteiger partial charge in [-0.05, 0) is 25.8 Å². The van der Waals surface area contributed by atoms with Crippen molar-refractivity contribution in [2.75, 3.05) is 11.9 Å². The summed E-state index contributed by atoms with van der Waals surface area (Å²) in [7, 11) is 0. The Labute approximate surface area is 103 Å². The van der Waals surface area contributed by atoms with Gasteiger partial charge in [-0.1, -0.05) is 13.8 Å². The summed E-state index contributed by atoms with van der Waals surface area (Å²) in [5, 5.41) is 12.3. The van der Waals surface area contributed by atoms with Crippen LogP contribution in [0.4, 0.5) is 5.69 Å². The van der Waals surface area contributed by atoms with Gasteiger partial charge < -0.3 is 11.1 Å². The maximum atomic E-state index is 9.10. The summed E-state index contributed by atoms with van der Waals surface area (Å²) in [6.07, 6.45) is 0. The Morgan fingerprint density at radius 3 is 2.65 bits per heavy atom. The molecule has 0 amide bonds. The molecular weight excluding hydrogens is 212 g/mol. The molecule has 3 N–H and O–H groups in total. The quantitative estimate of drug-likeness (QED) is 0.832. The zero-order valence-corrected chi connectivity index (χ0v) is 10.9. The number of nitrogens with two attached hydrogens (primary N) is 1. The van der Waals surface area contributed by atoms with E-state index >= 15 is 0 Å². The number of rotatable bonds is 4. The first-order valence-electron chi connectivity index (χ1n) is 5.83. The maximum Gasteiger partial charge on any atom is 0.103 e. The Balaban J connectivity index is 2.88. The minimum Gasteiger partial charge on any atom is -0.382 e. The molecule has 0 bridgehead atoms. The minimum atomic E-state index is 0.0790. The normalized spacial score (nSPS) is 12.3. The molecule has 4 heteroatoms. The molecule has 1 aromatic heterocycles. The van der Waals surface area contributed by atoms with Gasteiger partial charge in [0.25, 0.3) is 0 Å². The van der Waals surface area contributed by atoms with Gasteiger partial charge in [-0.15, -0.1) is 0 Å².